The lowest BCUT2D eigenvalue weighted by Crippen LogP contribution is -1.95. The van der Waals surface area contributed by atoms with Gasteiger partial charge in [-0.1, -0.05) is 11.6 Å². The fraction of sp³-hybridized carbons (Fsp3) is 0.167. The van der Waals surface area contributed by atoms with Crippen molar-refractivity contribution in [3.8, 4) is 5.75 Å². The van der Waals surface area contributed by atoms with E-state index in [0.717, 1.165) is 6.07 Å². The summed E-state index contributed by atoms with van der Waals surface area (Å²) in [6.07, 6.45) is 0. The van der Waals surface area contributed by atoms with E-state index in [9.17, 15) is 8.78 Å². The molecule has 2 nitrogen and oxygen atoms in total. The van der Waals surface area contributed by atoms with Crippen molar-refractivity contribution in [2.45, 2.75) is 0 Å². The smallest absolute Gasteiger partial charge is 0.254 e. The van der Waals surface area contributed by atoms with Crippen LogP contribution in [0.15, 0.2) is 6.07 Å². The molecular weight excluding hydrogens is 176 g/mol. The van der Waals surface area contributed by atoms with Crippen molar-refractivity contribution in [1.29, 1.82) is 0 Å². The van der Waals surface area contributed by atoms with Crippen LogP contribution in [0.3, 0.4) is 0 Å². The molecule has 0 saturated carbocycles. The molecule has 0 N–H and O–H groups in total. The second-order valence-electron chi connectivity index (χ2n) is 1.75. The van der Waals surface area contributed by atoms with Gasteiger partial charge in [0, 0.05) is 6.07 Å². The van der Waals surface area contributed by atoms with Crippen molar-refractivity contribution >= 4 is 11.6 Å². The number of hydrogen-bond donors (Lipinski definition) is 0. The SMILES string of the molecule is COc1cc(Cl)nc(F)c1F. The maximum absolute atomic E-state index is 12.6. The van der Waals surface area contributed by atoms with E-state index in [4.69, 9.17) is 11.6 Å². The highest BCUT2D eigenvalue weighted by Gasteiger charge is 2.11. The molecule has 1 heterocycles. The van der Waals surface area contributed by atoms with Gasteiger partial charge >= 0.3 is 0 Å². The standard InChI is InChI=1S/C6H4ClF2NO/c1-11-3-2-4(7)10-6(9)5(3)8/h2H,1H3. The zero-order valence-electron chi connectivity index (χ0n) is 5.57. The van der Waals surface area contributed by atoms with Crippen molar-refractivity contribution in [2.24, 2.45) is 0 Å². The lowest BCUT2D eigenvalue weighted by atomic mass is 10.4. The van der Waals surface area contributed by atoms with E-state index >= 15 is 0 Å². The Morgan fingerprint density at radius 3 is 2.73 bits per heavy atom. The van der Waals surface area contributed by atoms with Crippen molar-refractivity contribution in [1.82, 2.24) is 4.98 Å². The number of ether oxygens (including phenoxy) is 1. The van der Waals surface area contributed by atoms with Crippen LogP contribution in [-0.4, -0.2) is 12.1 Å². The maximum Gasteiger partial charge on any atom is 0.254 e. The van der Waals surface area contributed by atoms with Crippen LogP contribution in [0.5, 0.6) is 5.75 Å². The molecular formula is C6H4ClF2NO. The third kappa shape index (κ3) is 1.57. The number of nitrogens with zero attached hydrogens (tertiary/aromatic N) is 1. The monoisotopic (exact) mass is 179 g/mol. The lowest BCUT2D eigenvalue weighted by Gasteiger charge is -2.00. The summed E-state index contributed by atoms with van der Waals surface area (Å²) in [4.78, 5) is 3.03. The van der Waals surface area contributed by atoms with Crippen molar-refractivity contribution < 1.29 is 13.5 Å². The van der Waals surface area contributed by atoms with E-state index in [1.807, 2.05) is 0 Å². The van der Waals surface area contributed by atoms with E-state index in [0.29, 0.717) is 0 Å². The van der Waals surface area contributed by atoms with E-state index in [1.54, 1.807) is 0 Å². The molecule has 0 atom stereocenters. The molecule has 0 spiro atoms. The molecule has 60 valence electrons. The predicted octanol–water partition coefficient (Wildman–Crippen LogP) is 2.02. The number of halogens is 3. The summed E-state index contributed by atoms with van der Waals surface area (Å²) in [5, 5.41) is -0.138. The Bertz CT molecular complexity index is 280. The Morgan fingerprint density at radius 1 is 1.55 bits per heavy atom. The van der Waals surface area contributed by atoms with Crippen LogP contribution in [0.2, 0.25) is 5.15 Å². The van der Waals surface area contributed by atoms with Gasteiger partial charge in [-0.05, 0) is 0 Å². The molecule has 0 amide bonds. The molecule has 0 bridgehead atoms. The zero-order valence-corrected chi connectivity index (χ0v) is 6.32. The van der Waals surface area contributed by atoms with Gasteiger partial charge in [0.25, 0.3) is 5.95 Å². The zero-order chi connectivity index (χ0) is 8.43. The Labute approximate surface area is 66.8 Å². The molecule has 1 aromatic rings. The molecule has 0 aliphatic rings. The second-order valence-corrected chi connectivity index (χ2v) is 2.14. The predicted molar refractivity (Wildman–Crippen MR) is 35.7 cm³/mol. The minimum absolute atomic E-state index is 0.138. The third-order valence-corrected chi connectivity index (χ3v) is 1.27. The summed E-state index contributed by atoms with van der Waals surface area (Å²) < 4.78 is 29.4. The van der Waals surface area contributed by atoms with Crippen LogP contribution in [-0.2, 0) is 0 Å². The van der Waals surface area contributed by atoms with E-state index in [2.05, 4.69) is 9.72 Å². The summed E-state index contributed by atoms with van der Waals surface area (Å²) in [5.74, 6) is -2.63. The Kier molecular flexibility index (Phi) is 2.24. The summed E-state index contributed by atoms with van der Waals surface area (Å²) in [6, 6.07) is 1.10. The molecule has 1 aromatic heterocycles. The van der Waals surface area contributed by atoms with Gasteiger partial charge in [0.1, 0.15) is 5.15 Å². The number of aromatic nitrogens is 1. The molecule has 0 aromatic carbocycles. The highest BCUT2D eigenvalue weighted by atomic mass is 35.5. The van der Waals surface area contributed by atoms with Gasteiger partial charge < -0.3 is 4.74 Å². The van der Waals surface area contributed by atoms with E-state index in [1.165, 1.54) is 7.11 Å². The van der Waals surface area contributed by atoms with Crippen LogP contribution < -0.4 is 4.74 Å². The largest absolute Gasteiger partial charge is 0.493 e. The quantitative estimate of drug-likeness (QED) is 0.616. The molecule has 1 rings (SSSR count). The number of pyridine rings is 1. The number of hydrogen-bond acceptors (Lipinski definition) is 2. The van der Waals surface area contributed by atoms with E-state index in [-0.39, 0.29) is 10.9 Å². The fourth-order valence-corrected chi connectivity index (χ4v) is 0.770. The van der Waals surface area contributed by atoms with Crippen molar-refractivity contribution in [3.05, 3.63) is 23.0 Å². The summed E-state index contributed by atoms with van der Waals surface area (Å²) in [5.41, 5.74) is 0. The lowest BCUT2D eigenvalue weighted by molar-refractivity contribution is 0.365. The average Bonchev–Trinajstić information content (AvgIpc) is 1.96. The van der Waals surface area contributed by atoms with E-state index < -0.39 is 11.8 Å². The van der Waals surface area contributed by atoms with Crippen molar-refractivity contribution in [2.75, 3.05) is 7.11 Å². The second kappa shape index (κ2) is 3.00. The van der Waals surface area contributed by atoms with Gasteiger partial charge in [-0.15, -0.1) is 0 Å². The highest BCUT2D eigenvalue weighted by molar-refractivity contribution is 6.29. The maximum atomic E-state index is 12.6. The average molecular weight is 180 g/mol. The molecule has 5 heteroatoms. The van der Waals surface area contributed by atoms with Gasteiger partial charge in [0.15, 0.2) is 5.75 Å². The molecule has 0 aliphatic carbocycles. The van der Waals surface area contributed by atoms with Crippen LogP contribution in [0.4, 0.5) is 8.78 Å². The van der Waals surface area contributed by atoms with Crippen LogP contribution in [0.25, 0.3) is 0 Å². The minimum atomic E-state index is -1.26. The Morgan fingerprint density at radius 2 is 2.18 bits per heavy atom. The summed E-state index contributed by atoms with van der Waals surface area (Å²) in [6.45, 7) is 0. The van der Waals surface area contributed by atoms with Crippen molar-refractivity contribution in [3.63, 3.8) is 0 Å². The molecule has 0 fully saturated rings. The first kappa shape index (κ1) is 8.20. The first-order valence-corrected chi connectivity index (χ1v) is 3.08. The van der Waals surface area contributed by atoms with Gasteiger partial charge in [-0.25, -0.2) is 4.98 Å². The molecule has 0 aliphatic heterocycles. The normalized spacial score (nSPS) is 9.82. The minimum Gasteiger partial charge on any atom is -0.493 e. The third-order valence-electron chi connectivity index (χ3n) is 1.07. The Balaban J connectivity index is 3.24. The summed E-state index contributed by atoms with van der Waals surface area (Å²) >= 11 is 5.30. The molecule has 11 heavy (non-hydrogen) atoms. The fourth-order valence-electron chi connectivity index (χ4n) is 0.597. The topological polar surface area (TPSA) is 22.1 Å². The van der Waals surface area contributed by atoms with Crippen LogP contribution >= 0.6 is 11.6 Å². The van der Waals surface area contributed by atoms with Gasteiger partial charge in [-0.2, -0.15) is 8.78 Å². The van der Waals surface area contributed by atoms with Gasteiger partial charge in [0.05, 0.1) is 7.11 Å². The number of methoxy groups -OCH3 is 1. The van der Waals surface area contributed by atoms with Crippen LogP contribution in [0.1, 0.15) is 0 Å². The van der Waals surface area contributed by atoms with Gasteiger partial charge in [-0.3, -0.25) is 0 Å². The Hall–Kier alpha value is -0.900. The summed E-state index contributed by atoms with van der Waals surface area (Å²) in [7, 11) is 1.22. The van der Waals surface area contributed by atoms with Gasteiger partial charge in [0.2, 0.25) is 5.82 Å². The molecule has 0 unspecified atom stereocenters. The molecule has 0 saturated heterocycles. The molecule has 0 radical (unpaired) electrons. The van der Waals surface area contributed by atoms with Crippen LogP contribution in [0, 0.1) is 11.8 Å². The first-order valence-electron chi connectivity index (χ1n) is 2.70. The first-order chi connectivity index (χ1) is 5.15. The number of rotatable bonds is 1. The highest BCUT2D eigenvalue weighted by Crippen LogP contribution is 2.21.